The number of methoxy groups -OCH3 is 1. The number of hydrogen-bond acceptors (Lipinski definition) is 7. The number of carbonyl (C=O) groups excluding carboxylic acids is 1. The van der Waals surface area contributed by atoms with Crippen LogP contribution in [0.1, 0.15) is 19.7 Å². The van der Waals surface area contributed by atoms with E-state index in [1.54, 1.807) is 35.2 Å². The van der Waals surface area contributed by atoms with Crippen LogP contribution in [0.3, 0.4) is 0 Å². The van der Waals surface area contributed by atoms with E-state index in [-0.39, 0.29) is 23.4 Å². The summed E-state index contributed by atoms with van der Waals surface area (Å²) in [4.78, 5) is 31.6. The molecule has 0 saturated carbocycles. The van der Waals surface area contributed by atoms with Crippen molar-refractivity contribution < 1.29 is 18.3 Å². The molecule has 1 N–H and O–H groups in total. The van der Waals surface area contributed by atoms with Crippen LogP contribution in [0.2, 0.25) is 0 Å². The highest BCUT2D eigenvalue weighted by Gasteiger charge is 2.30. The van der Waals surface area contributed by atoms with E-state index in [1.165, 1.54) is 26.4 Å². The molecule has 0 aliphatic carbocycles. The predicted octanol–water partition coefficient (Wildman–Crippen LogP) is 3.35. The fraction of sp³-hybridized carbons (Fsp3) is 0.200. The number of aromatic nitrogens is 6. The van der Waals surface area contributed by atoms with Gasteiger partial charge in [0.25, 0.3) is 0 Å². The van der Waals surface area contributed by atoms with Crippen molar-refractivity contribution in [2.45, 2.75) is 19.8 Å². The third-order valence-corrected chi connectivity index (χ3v) is 4.34. The Hall–Kier alpha value is -4.02. The van der Waals surface area contributed by atoms with Gasteiger partial charge in [-0.05, 0) is 6.07 Å². The van der Waals surface area contributed by atoms with Crippen LogP contribution < -0.4 is 10.1 Å². The number of anilines is 1. The second kappa shape index (κ2) is 7.67. The van der Waals surface area contributed by atoms with Crippen molar-refractivity contribution in [3.05, 3.63) is 48.8 Å². The first kappa shape index (κ1) is 20.3. The quantitative estimate of drug-likeness (QED) is 0.522. The topological polar surface area (TPSA) is 108 Å². The molecule has 0 saturated heterocycles. The molecule has 158 valence electrons. The smallest absolute Gasteiger partial charge is 0.316 e. The van der Waals surface area contributed by atoms with Gasteiger partial charge in [0, 0.05) is 61.7 Å². The van der Waals surface area contributed by atoms with E-state index in [4.69, 9.17) is 4.74 Å². The van der Waals surface area contributed by atoms with Gasteiger partial charge in [0.15, 0.2) is 0 Å². The first-order valence-electron chi connectivity index (χ1n) is 9.13. The van der Waals surface area contributed by atoms with Gasteiger partial charge in [-0.25, -0.2) is 24.9 Å². The number of pyridine rings is 1. The van der Waals surface area contributed by atoms with E-state index in [9.17, 15) is 13.6 Å². The second-order valence-electron chi connectivity index (χ2n) is 6.78. The van der Waals surface area contributed by atoms with Gasteiger partial charge in [-0.15, -0.1) is 0 Å². The fourth-order valence-corrected chi connectivity index (χ4v) is 2.93. The van der Waals surface area contributed by atoms with Crippen molar-refractivity contribution in [2.24, 2.45) is 0 Å². The highest BCUT2D eigenvalue weighted by molar-refractivity contribution is 5.91. The number of rotatable bonds is 5. The Kier molecular flexibility index (Phi) is 5.01. The molecule has 31 heavy (non-hydrogen) atoms. The van der Waals surface area contributed by atoms with Crippen LogP contribution in [0.4, 0.5) is 14.6 Å². The van der Waals surface area contributed by atoms with Crippen LogP contribution in [0.25, 0.3) is 28.0 Å². The normalized spacial score (nSPS) is 11.5. The molecule has 0 aliphatic heterocycles. The Morgan fingerprint density at radius 3 is 2.52 bits per heavy atom. The zero-order valence-electron chi connectivity index (χ0n) is 16.8. The first-order chi connectivity index (χ1) is 14.7. The molecule has 4 aromatic rings. The van der Waals surface area contributed by atoms with Crippen molar-refractivity contribution in [3.8, 4) is 23.1 Å². The SMILES string of the molecule is COc1ncc(-c2cc(-n3ccc4cnc(NC(C)=O)cc43)nc(C(C)(F)F)n2)cn1. The molecule has 0 aromatic carbocycles. The van der Waals surface area contributed by atoms with Crippen LogP contribution in [0.5, 0.6) is 6.01 Å². The van der Waals surface area contributed by atoms with Crippen molar-refractivity contribution in [1.82, 2.24) is 29.5 Å². The van der Waals surface area contributed by atoms with E-state index in [1.807, 2.05) is 0 Å². The summed E-state index contributed by atoms with van der Waals surface area (Å²) in [6, 6.07) is 5.10. The standard InChI is InChI=1S/C20H17F2N7O2/c1-11(30)26-16-7-15-12(8-23-16)4-5-29(15)17-6-14(27-18(28-17)20(2,21)22)13-9-24-19(31-3)25-10-13/h4-10H,1-3H3,(H,23,26,30). The molecule has 11 heteroatoms. The average Bonchev–Trinajstić information content (AvgIpc) is 3.15. The summed E-state index contributed by atoms with van der Waals surface area (Å²) in [6.45, 7) is 2.10. The Morgan fingerprint density at radius 2 is 1.87 bits per heavy atom. The number of hydrogen-bond donors (Lipinski definition) is 1. The minimum Gasteiger partial charge on any atom is -0.467 e. The van der Waals surface area contributed by atoms with Gasteiger partial charge >= 0.3 is 11.9 Å². The maximum Gasteiger partial charge on any atom is 0.316 e. The number of alkyl halides is 2. The highest BCUT2D eigenvalue weighted by Crippen LogP contribution is 2.29. The van der Waals surface area contributed by atoms with Crippen molar-refractivity contribution in [1.29, 1.82) is 0 Å². The largest absolute Gasteiger partial charge is 0.467 e. The van der Waals surface area contributed by atoms with Gasteiger partial charge in [0.2, 0.25) is 11.7 Å². The maximum atomic E-state index is 14.2. The van der Waals surface area contributed by atoms with E-state index in [0.29, 0.717) is 16.9 Å². The van der Waals surface area contributed by atoms with Crippen LogP contribution in [-0.2, 0) is 10.7 Å². The maximum absolute atomic E-state index is 14.2. The molecule has 0 atom stereocenters. The van der Waals surface area contributed by atoms with Crippen LogP contribution in [0.15, 0.2) is 43.0 Å². The summed E-state index contributed by atoms with van der Waals surface area (Å²) in [6.07, 6.45) is 6.12. The Bertz CT molecular complexity index is 1270. The molecule has 0 radical (unpaired) electrons. The first-order valence-corrected chi connectivity index (χ1v) is 9.13. The average molecular weight is 425 g/mol. The molecule has 0 fully saturated rings. The van der Waals surface area contributed by atoms with Crippen molar-refractivity contribution >= 4 is 22.6 Å². The summed E-state index contributed by atoms with van der Waals surface area (Å²) < 4.78 is 34.9. The lowest BCUT2D eigenvalue weighted by Gasteiger charge is -2.14. The van der Waals surface area contributed by atoms with Gasteiger partial charge in [-0.3, -0.25) is 4.79 Å². The summed E-state index contributed by atoms with van der Waals surface area (Å²) in [5.41, 5.74) is 1.27. The number of halogens is 2. The van der Waals surface area contributed by atoms with Gasteiger partial charge in [0.05, 0.1) is 18.3 Å². The zero-order valence-corrected chi connectivity index (χ0v) is 16.8. The molecule has 9 nitrogen and oxygen atoms in total. The number of amides is 1. The van der Waals surface area contributed by atoms with E-state index >= 15 is 0 Å². The molecular formula is C20H17F2N7O2. The molecule has 0 aliphatic rings. The third-order valence-electron chi connectivity index (χ3n) is 4.34. The number of nitrogens with zero attached hydrogens (tertiary/aromatic N) is 6. The minimum absolute atomic E-state index is 0.147. The summed E-state index contributed by atoms with van der Waals surface area (Å²) in [5, 5.41) is 3.35. The Balaban J connectivity index is 1.88. The lowest BCUT2D eigenvalue weighted by atomic mass is 10.2. The van der Waals surface area contributed by atoms with Gasteiger partial charge in [-0.1, -0.05) is 0 Å². The molecule has 0 unspecified atom stereocenters. The molecule has 4 aromatic heterocycles. The third kappa shape index (κ3) is 4.15. The van der Waals surface area contributed by atoms with Crippen molar-refractivity contribution in [3.63, 3.8) is 0 Å². The van der Waals surface area contributed by atoms with E-state index in [0.717, 1.165) is 12.3 Å². The monoisotopic (exact) mass is 425 g/mol. The van der Waals surface area contributed by atoms with Crippen LogP contribution >= 0.6 is 0 Å². The van der Waals surface area contributed by atoms with Gasteiger partial charge < -0.3 is 14.6 Å². The lowest BCUT2D eigenvalue weighted by molar-refractivity contribution is -0.114. The highest BCUT2D eigenvalue weighted by atomic mass is 19.3. The van der Waals surface area contributed by atoms with Crippen molar-refractivity contribution in [2.75, 3.05) is 12.4 Å². The fourth-order valence-electron chi connectivity index (χ4n) is 2.93. The number of nitrogens with one attached hydrogen (secondary N) is 1. The lowest BCUT2D eigenvalue weighted by Crippen LogP contribution is -2.15. The molecule has 1 amide bonds. The number of carbonyl (C=O) groups is 1. The Labute approximate surface area is 175 Å². The summed E-state index contributed by atoms with van der Waals surface area (Å²) >= 11 is 0. The molecule has 4 rings (SSSR count). The van der Waals surface area contributed by atoms with Crippen LogP contribution in [-0.4, -0.2) is 42.5 Å². The second-order valence-corrected chi connectivity index (χ2v) is 6.78. The molecular weight excluding hydrogens is 408 g/mol. The molecule has 0 spiro atoms. The molecule has 0 bridgehead atoms. The van der Waals surface area contributed by atoms with E-state index in [2.05, 4.69) is 30.2 Å². The Morgan fingerprint density at radius 1 is 1.13 bits per heavy atom. The summed E-state index contributed by atoms with van der Waals surface area (Å²) in [7, 11) is 1.43. The van der Waals surface area contributed by atoms with Gasteiger partial charge in [-0.2, -0.15) is 8.78 Å². The number of fused-ring (bicyclic) bond motifs is 1. The minimum atomic E-state index is -3.27. The number of ether oxygens (including phenoxy) is 1. The molecule has 4 heterocycles. The predicted molar refractivity (Wildman–Crippen MR) is 108 cm³/mol. The summed E-state index contributed by atoms with van der Waals surface area (Å²) in [5.74, 6) is -3.65. The van der Waals surface area contributed by atoms with Crippen LogP contribution in [0, 0.1) is 0 Å². The van der Waals surface area contributed by atoms with Gasteiger partial charge in [0.1, 0.15) is 11.6 Å². The zero-order chi connectivity index (χ0) is 22.2. The van der Waals surface area contributed by atoms with E-state index < -0.39 is 11.7 Å².